The molecule has 0 atom stereocenters. The number of hydrogen-bond acceptors (Lipinski definition) is 2. The third kappa shape index (κ3) is 3.32. The Hall–Kier alpha value is -0.860. The van der Waals surface area contributed by atoms with Crippen LogP contribution in [0.1, 0.15) is 25.0 Å². The van der Waals surface area contributed by atoms with Crippen LogP contribution in [0.3, 0.4) is 0 Å². The lowest BCUT2D eigenvalue weighted by molar-refractivity contribution is -0.167. The normalized spacial score (nSPS) is 12.1. The Morgan fingerprint density at radius 1 is 1.19 bits per heavy atom. The van der Waals surface area contributed by atoms with Gasteiger partial charge in [0.15, 0.2) is 6.29 Å². The highest BCUT2D eigenvalue weighted by Gasteiger charge is 2.29. The van der Waals surface area contributed by atoms with Crippen LogP contribution in [0.4, 0.5) is 0 Å². The first-order valence-corrected chi connectivity index (χ1v) is 5.61. The van der Waals surface area contributed by atoms with Crippen LogP contribution in [0.15, 0.2) is 24.3 Å². The highest BCUT2D eigenvalue weighted by Crippen LogP contribution is 2.28. The molecule has 1 rings (SSSR count). The van der Waals surface area contributed by atoms with Gasteiger partial charge in [0.2, 0.25) is 0 Å². The van der Waals surface area contributed by atoms with E-state index in [0.717, 1.165) is 6.42 Å². The van der Waals surface area contributed by atoms with E-state index < -0.39 is 0 Å². The number of aryl methyl sites for hydroxylation is 1. The Bertz CT molecular complexity index is 327. The van der Waals surface area contributed by atoms with Gasteiger partial charge in [-0.05, 0) is 18.9 Å². The zero-order valence-corrected chi connectivity index (χ0v) is 10.9. The minimum absolute atomic E-state index is 0.0305. The molecule has 90 valence electrons. The number of methoxy groups -OCH3 is 2. The van der Waals surface area contributed by atoms with E-state index in [0.29, 0.717) is 0 Å². The van der Waals surface area contributed by atoms with E-state index in [2.05, 4.69) is 45.0 Å². The van der Waals surface area contributed by atoms with Gasteiger partial charge in [-0.25, -0.2) is 0 Å². The minimum atomic E-state index is -0.173. The molecule has 16 heavy (non-hydrogen) atoms. The van der Waals surface area contributed by atoms with Crippen LogP contribution < -0.4 is 0 Å². The lowest BCUT2D eigenvalue weighted by Gasteiger charge is -2.32. The van der Waals surface area contributed by atoms with Gasteiger partial charge in [0.25, 0.3) is 0 Å². The van der Waals surface area contributed by atoms with E-state index in [4.69, 9.17) is 9.47 Å². The summed E-state index contributed by atoms with van der Waals surface area (Å²) < 4.78 is 10.7. The Morgan fingerprint density at radius 3 is 2.31 bits per heavy atom. The van der Waals surface area contributed by atoms with Crippen molar-refractivity contribution in [2.75, 3.05) is 14.2 Å². The molecule has 2 nitrogen and oxygen atoms in total. The standard InChI is InChI=1S/C14H22O2/c1-11-7-6-8-12(9-11)10-14(2,3)13(15-4)16-5/h6-9,13H,10H2,1-5H3. The van der Waals surface area contributed by atoms with E-state index in [1.165, 1.54) is 11.1 Å². The van der Waals surface area contributed by atoms with Crippen LogP contribution in [0.25, 0.3) is 0 Å². The van der Waals surface area contributed by atoms with Gasteiger partial charge in [-0.1, -0.05) is 43.7 Å². The van der Waals surface area contributed by atoms with Crippen molar-refractivity contribution in [1.82, 2.24) is 0 Å². The third-order valence-electron chi connectivity index (χ3n) is 2.81. The highest BCUT2D eigenvalue weighted by molar-refractivity contribution is 5.23. The molecule has 0 N–H and O–H groups in total. The summed E-state index contributed by atoms with van der Waals surface area (Å²) in [6.45, 7) is 6.43. The van der Waals surface area contributed by atoms with Crippen molar-refractivity contribution in [2.45, 2.75) is 33.5 Å². The number of rotatable bonds is 5. The molecule has 0 saturated carbocycles. The Balaban J connectivity index is 2.79. The molecular formula is C14H22O2. The second kappa shape index (κ2) is 5.46. The summed E-state index contributed by atoms with van der Waals surface area (Å²) in [4.78, 5) is 0. The molecule has 1 aromatic rings. The van der Waals surface area contributed by atoms with E-state index in [1.54, 1.807) is 14.2 Å². The molecule has 0 spiro atoms. The first-order chi connectivity index (χ1) is 7.49. The molecule has 0 radical (unpaired) electrons. The summed E-state index contributed by atoms with van der Waals surface area (Å²) >= 11 is 0. The van der Waals surface area contributed by atoms with Gasteiger partial charge in [-0.15, -0.1) is 0 Å². The maximum Gasteiger partial charge on any atom is 0.162 e. The van der Waals surface area contributed by atoms with Crippen molar-refractivity contribution in [2.24, 2.45) is 5.41 Å². The zero-order valence-electron chi connectivity index (χ0n) is 10.9. The summed E-state index contributed by atoms with van der Waals surface area (Å²) in [7, 11) is 3.37. The number of hydrogen-bond donors (Lipinski definition) is 0. The Labute approximate surface area is 98.6 Å². The molecule has 2 heteroatoms. The largest absolute Gasteiger partial charge is 0.355 e. The number of ether oxygens (including phenoxy) is 2. The van der Waals surface area contributed by atoms with Gasteiger partial charge in [0, 0.05) is 19.6 Å². The van der Waals surface area contributed by atoms with Crippen molar-refractivity contribution in [3.8, 4) is 0 Å². The maximum absolute atomic E-state index is 5.34. The first-order valence-electron chi connectivity index (χ1n) is 5.61. The quantitative estimate of drug-likeness (QED) is 0.712. The predicted octanol–water partition coefficient (Wildman–Crippen LogP) is 3.18. The summed E-state index contributed by atoms with van der Waals surface area (Å²) in [6.07, 6.45) is 0.772. The van der Waals surface area contributed by atoms with Crippen molar-refractivity contribution in [1.29, 1.82) is 0 Å². The Kier molecular flexibility index (Phi) is 4.51. The first kappa shape index (κ1) is 13.2. The van der Waals surface area contributed by atoms with Crippen LogP contribution in [0.5, 0.6) is 0 Å². The van der Waals surface area contributed by atoms with Crippen molar-refractivity contribution in [3.05, 3.63) is 35.4 Å². The molecule has 0 aliphatic carbocycles. The molecule has 0 fully saturated rings. The highest BCUT2D eigenvalue weighted by atomic mass is 16.7. The van der Waals surface area contributed by atoms with E-state index in [1.807, 2.05) is 0 Å². The van der Waals surface area contributed by atoms with E-state index >= 15 is 0 Å². The second-order valence-corrected chi connectivity index (χ2v) is 4.96. The van der Waals surface area contributed by atoms with Crippen molar-refractivity contribution < 1.29 is 9.47 Å². The Morgan fingerprint density at radius 2 is 1.81 bits per heavy atom. The van der Waals surface area contributed by atoms with Crippen LogP contribution >= 0.6 is 0 Å². The fourth-order valence-corrected chi connectivity index (χ4v) is 2.17. The van der Waals surface area contributed by atoms with Crippen LogP contribution in [-0.2, 0) is 15.9 Å². The molecule has 0 bridgehead atoms. The smallest absolute Gasteiger partial charge is 0.162 e. The van der Waals surface area contributed by atoms with Crippen LogP contribution in [0.2, 0.25) is 0 Å². The van der Waals surface area contributed by atoms with Crippen molar-refractivity contribution in [3.63, 3.8) is 0 Å². The van der Waals surface area contributed by atoms with Crippen molar-refractivity contribution >= 4 is 0 Å². The molecule has 0 aliphatic heterocycles. The summed E-state index contributed by atoms with van der Waals surface area (Å²) in [6, 6.07) is 8.57. The fraction of sp³-hybridized carbons (Fsp3) is 0.571. The molecule has 0 aromatic heterocycles. The molecule has 0 saturated heterocycles. The monoisotopic (exact) mass is 222 g/mol. The third-order valence-corrected chi connectivity index (χ3v) is 2.81. The lowest BCUT2D eigenvalue weighted by atomic mass is 9.84. The second-order valence-electron chi connectivity index (χ2n) is 4.96. The SMILES string of the molecule is COC(OC)C(C)(C)Cc1cccc(C)c1. The maximum atomic E-state index is 5.34. The van der Waals surface area contributed by atoms with Gasteiger partial charge < -0.3 is 9.47 Å². The summed E-state index contributed by atoms with van der Waals surface area (Å²) in [5, 5.41) is 0. The number of benzene rings is 1. The minimum Gasteiger partial charge on any atom is -0.355 e. The molecule has 0 heterocycles. The van der Waals surface area contributed by atoms with E-state index in [-0.39, 0.29) is 11.7 Å². The summed E-state index contributed by atoms with van der Waals surface area (Å²) in [5.74, 6) is 0. The van der Waals surface area contributed by atoms with Crippen LogP contribution in [-0.4, -0.2) is 20.5 Å². The van der Waals surface area contributed by atoms with Gasteiger partial charge in [-0.3, -0.25) is 0 Å². The molecule has 0 unspecified atom stereocenters. The van der Waals surface area contributed by atoms with Crippen LogP contribution in [0, 0.1) is 12.3 Å². The van der Waals surface area contributed by atoms with Gasteiger partial charge in [-0.2, -0.15) is 0 Å². The molecular weight excluding hydrogens is 200 g/mol. The molecule has 0 aliphatic rings. The van der Waals surface area contributed by atoms with E-state index in [9.17, 15) is 0 Å². The average molecular weight is 222 g/mol. The van der Waals surface area contributed by atoms with Gasteiger partial charge >= 0.3 is 0 Å². The summed E-state index contributed by atoms with van der Waals surface area (Å²) in [5.41, 5.74) is 2.58. The van der Waals surface area contributed by atoms with Gasteiger partial charge in [0.1, 0.15) is 0 Å². The van der Waals surface area contributed by atoms with Gasteiger partial charge in [0.05, 0.1) is 0 Å². The molecule has 0 amide bonds. The topological polar surface area (TPSA) is 18.5 Å². The predicted molar refractivity (Wildman–Crippen MR) is 66.5 cm³/mol. The fourth-order valence-electron chi connectivity index (χ4n) is 2.17. The zero-order chi connectivity index (χ0) is 12.2. The molecule has 1 aromatic carbocycles. The lowest BCUT2D eigenvalue weighted by Crippen LogP contribution is -2.34. The average Bonchev–Trinajstić information content (AvgIpc) is 2.18.